The highest BCUT2D eigenvalue weighted by Crippen LogP contribution is 2.08. The average Bonchev–Trinajstić information content (AvgIpc) is 2.72. The highest BCUT2D eigenvalue weighted by molar-refractivity contribution is 5.03. The first-order valence-electron chi connectivity index (χ1n) is 6.05. The van der Waals surface area contributed by atoms with Crippen molar-refractivity contribution < 1.29 is 0 Å². The smallest absolute Gasteiger partial charge is 0.0869 e. The van der Waals surface area contributed by atoms with Gasteiger partial charge in [0.15, 0.2) is 0 Å². The molecular formula is C12H28N2. The molecule has 1 heterocycles. The summed E-state index contributed by atoms with van der Waals surface area (Å²) in [5.74, 6) is 0. The molecule has 0 saturated carbocycles. The van der Waals surface area contributed by atoms with Crippen molar-refractivity contribution in [3.05, 3.63) is 11.9 Å². The van der Waals surface area contributed by atoms with Crippen LogP contribution in [0.5, 0.6) is 0 Å². The molecule has 0 aliphatic carbocycles. The van der Waals surface area contributed by atoms with Gasteiger partial charge in [-0.3, -0.25) is 0 Å². The molecule has 2 nitrogen and oxygen atoms in total. The van der Waals surface area contributed by atoms with Gasteiger partial charge in [0, 0.05) is 18.4 Å². The van der Waals surface area contributed by atoms with Gasteiger partial charge < -0.3 is 10.2 Å². The lowest BCUT2D eigenvalue weighted by molar-refractivity contribution is 0.412. The van der Waals surface area contributed by atoms with Crippen LogP contribution >= 0.6 is 0 Å². The minimum atomic E-state index is 1.01. The molecule has 14 heavy (non-hydrogen) atoms. The largest absolute Gasteiger partial charge is 0.370 e. The van der Waals surface area contributed by atoms with Crippen LogP contribution in [0.25, 0.3) is 0 Å². The van der Waals surface area contributed by atoms with Crippen molar-refractivity contribution in [2.75, 3.05) is 13.2 Å². The second-order valence-corrected chi connectivity index (χ2v) is 2.64. The summed E-state index contributed by atoms with van der Waals surface area (Å²) in [6.45, 7) is 14.5. The van der Waals surface area contributed by atoms with Crippen LogP contribution in [0.4, 0.5) is 0 Å². The first-order valence-corrected chi connectivity index (χ1v) is 6.05. The number of nitrogens with one attached hydrogen (secondary N) is 1. The molecule has 0 spiro atoms. The Hall–Kier alpha value is -0.660. The van der Waals surface area contributed by atoms with E-state index < -0.39 is 0 Å². The lowest BCUT2D eigenvalue weighted by Gasteiger charge is -2.08. The molecule has 0 saturated heterocycles. The third-order valence-corrected chi connectivity index (χ3v) is 1.77. The van der Waals surface area contributed by atoms with Crippen molar-refractivity contribution in [3.8, 4) is 0 Å². The van der Waals surface area contributed by atoms with Gasteiger partial charge in [0.05, 0.1) is 6.67 Å². The van der Waals surface area contributed by atoms with E-state index in [-0.39, 0.29) is 0 Å². The van der Waals surface area contributed by atoms with Crippen LogP contribution in [0.2, 0.25) is 0 Å². The normalized spacial score (nSPS) is 13.0. The Morgan fingerprint density at radius 1 is 1.21 bits per heavy atom. The fraction of sp³-hybridized carbons (Fsp3) is 0.833. The van der Waals surface area contributed by atoms with E-state index in [0.717, 1.165) is 13.2 Å². The van der Waals surface area contributed by atoms with Gasteiger partial charge >= 0.3 is 0 Å². The van der Waals surface area contributed by atoms with Gasteiger partial charge in [-0.15, -0.1) is 0 Å². The summed E-state index contributed by atoms with van der Waals surface area (Å²) in [4.78, 5) is 2.28. The second kappa shape index (κ2) is 12.3. The van der Waals surface area contributed by atoms with E-state index in [1.165, 1.54) is 18.5 Å². The van der Waals surface area contributed by atoms with Gasteiger partial charge in [0.25, 0.3) is 0 Å². The van der Waals surface area contributed by atoms with E-state index in [4.69, 9.17) is 0 Å². The van der Waals surface area contributed by atoms with Gasteiger partial charge in [0.2, 0.25) is 0 Å². The number of rotatable bonds is 3. The highest BCUT2D eigenvalue weighted by atomic mass is 15.3. The van der Waals surface area contributed by atoms with Crippen molar-refractivity contribution in [2.24, 2.45) is 0 Å². The van der Waals surface area contributed by atoms with Gasteiger partial charge in [-0.05, 0) is 13.3 Å². The summed E-state index contributed by atoms with van der Waals surface area (Å²) >= 11 is 0. The van der Waals surface area contributed by atoms with Crippen molar-refractivity contribution in [3.63, 3.8) is 0 Å². The summed E-state index contributed by atoms with van der Waals surface area (Å²) in [6.07, 6.45) is 4.65. The van der Waals surface area contributed by atoms with Crippen molar-refractivity contribution >= 4 is 0 Å². The molecule has 0 atom stereocenters. The van der Waals surface area contributed by atoms with E-state index in [1.807, 2.05) is 27.7 Å². The monoisotopic (exact) mass is 200 g/mol. The molecular weight excluding hydrogens is 172 g/mol. The Labute approximate surface area is 90.4 Å². The third kappa shape index (κ3) is 6.81. The predicted octanol–water partition coefficient (Wildman–Crippen LogP) is 3.56. The summed E-state index contributed by atoms with van der Waals surface area (Å²) in [6, 6.07) is 0. The summed E-state index contributed by atoms with van der Waals surface area (Å²) < 4.78 is 0. The fourth-order valence-electron chi connectivity index (χ4n) is 1.14. The summed E-state index contributed by atoms with van der Waals surface area (Å²) in [7, 11) is 0. The quantitative estimate of drug-likeness (QED) is 0.749. The van der Waals surface area contributed by atoms with E-state index in [1.54, 1.807) is 0 Å². The van der Waals surface area contributed by atoms with E-state index in [2.05, 4.69) is 30.3 Å². The number of allylic oxidation sites excluding steroid dienone is 1. The van der Waals surface area contributed by atoms with E-state index >= 15 is 0 Å². The SMILES string of the molecule is CC.CC.CCCC1=CN(CC)CN1. The minimum Gasteiger partial charge on any atom is -0.370 e. The highest BCUT2D eigenvalue weighted by Gasteiger charge is 2.06. The standard InChI is InChI=1S/C8H16N2.2C2H6/c1-3-5-8-6-10(4-2)7-9-8;2*1-2/h6,9H,3-5,7H2,1-2H3;2*1-2H3. The van der Waals surface area contributed by atoms with Crippen LogP contribution in [0.3, 0.4) is 0 Å². The van der Waals surface area contributed by atoms with E-state index in [9.17, 15) is 0 Å². The topological polar surface area (TPSA) is 15.3 Å². The molecule has 1 aliphatic rings. The lowest BCUT2D eigenvalue weighted by Crippen LogP contribution is -2.20. The van der Waals surface area contributed by atoms with Crippen LogP contribution in [-0.2, 0) is 0 Å². The predicted molar refractivity (Wildman–Crippen MR) is 66.1 cm³/mol. The molecule has 0 fully saturated rings. The van der Waals surface area contributed by atoms with Crippen LogP contribution < -0.4 is 5.32 Å². The molecule has 1 rings (SSSR count). The Bertz CT molecular complexity index is 130. The summed E-state index contributed by atoms with van der Waals surface area (Å²) in [5, 5.41) is 3.35. The maximum atomic E-state index is 3.35. The molecule has 86 valence electrons. The third-order valence-electron chi connectivity index (χ3n) is 1.77. The van der Waals surface area contributed by atoms with Crippen LogP contribution in [-0.4, -0.2) is 18.1 Å². The van der Waals surface area contributed by atoms with Crippen molar-refractivity contribution in [2.45, 2.75) is 54.4 Å². The average molecular weight is 200 g/mol. The van der Waals surface area contributed by atoms with Crippen molar-refractivity contribution in [1.29, 1.82) is 0 Å². The van der Waals surface area contributed by atoms with Crippen LogP contribution in [0.1, 0.15) is 54.4 Å². The zero-order valence-corrected chi connectivity index (χ0v) is 10.9. The number of nitrogens with zero attached hydrogens (tertiary/aromatic N) is 1. The van der Waals surface area contributed by atoms with Gasteiger partial charge in [-0.25, -0.2) is 0 Å². The summed E-state index contributed by atoms with van der Waals surface area (Å²) in [5.41, 5.74) is 1.39. The molecule has 1 N–H and O–H groups in total. The molecule has 0 bridgehead atoms. The zero-order valence-electron chi connectivity index (χ0n) is 10.9. The van der Waals surface area contributed by atoms with Gasteiger partial charge in [-0.1, -0.05) is 41.0 Å². The van der Waals surface area contributed by atoms with Gasteiger partial charge in [0.1, 0.15) is 0 Å². The molecule has 0 unspecified atom stereocenters. The lowest BCUT2D eigenvalue weighted by atomic mass is 10.3. The minimum absolute atomic E-state index is 1.01. The zero-order chi connectivity index (χ0) is 11.4. The second-order valence-electron chi connectivity index (χ2n) is 2.64. The first kappa shape index (κ1) is 15.8. The fourth-order valence-corrected chi connectivity index (χ4v) is 1.14. The number of hydrogen-bond donors (Lipinski definition) is 1. The Morgan fingerprint density at radius 3 is 2.14 bits per heavy atom. The van der Waals surface area contributed by atoms with E-state index in [0.29, 0.717) is 0 Å². The maximum Gasteiger partial charge on any atom is 0.0869 e. The molecule has 0 amide bonds. The molecule has 2 heteroatoms. The van der Waals surface area contributed by atoms with Crippen molar-refractivity contribution in [1.82, 2.24) is 10.2 Å². The van der Waals surface area contributed by atoms with Crippen LogP contribution in [0, 0.1) is 0 Å². The maximum absolute atomic E-state index is 3.35. The molecule has 0 aromatic rings. The first-order chi connectivity index (χ1) is 6.86. The molecule has 1 aliphatic heterocycles. The molecule has 0 radical (unpaired) electrons. The molecule has 0 aromatic heterocycles. The Balaban J connectivity index is 0. The van der Waals surface area contributed by atoms with Crippen LogP contribution in [0.15, 0.2) is 11.9 Å². The Kier molecular flexibility index (Phi) is 13.9. The molecule has 0 aromatic carbocycles. The van der Waals surface area contributed by atoms with Gasteiger partial charge in [-0.2, -0.15) is 0 Å². The Morgan fingerprint density at radius 2 is 1.79 bits per heavy atom. The number of hydrogen-bond acceptors (Lipinski definition) is 2.